The average molecular weight is 497 g/mol. The molecule has 5 rings (SSSR count). The average Bonchev–Trinajstić information content (AvgIpc) is 3.72. The summed E-state index contributed by atoms with van der Waals surface area (Å²) in [6, 6.07) is 13.9. The maximum absolute atomic E-state index is 14.9. The maximum Gasteiger partial charge on any atom is 0.343 e. The minimum atomic E-state index is -1.19. The Morgan fingerprint density at radius 3 is 2.17 bits per heavy atom. The molecule has 0 radical (unpaired) electrons. The topological polar surface area (TPSA) is 59.1 Å². The summed E-state index contributed by atoms with van der Waals surface area (Å²) in [6.07, 6.45) is 2.24. The van der Waals surface area contributed by atoms with E-state index < -0.39 is 29.5 Å². The van der Waals surface area contributed by atoms with Crippen LogP contribution >= 0.6 is 0 Å². The SMILES string of the molecule is CC(O)C1CCC(c2ccc(OC(=O)c3ccc(-c4ccc(C5CO5)c(F)c4)cc3)c(F)c2F)CC1. The minimum Gasteiger partial charge on any atom is -0.420 e. The fourth-order valence-corrected chi connectivity index (χ4v) is 5.01. The summed E-state index contributed by atoms with van der Waals surface area (Å²) in [5.74, 6) is -3.79. The van der Waals surface area contributed by atoms with E-state index in [0.29, 0.717) is 36.1 Å². The van der Waals surface area contributed by atoms with Gasteiger partial charge < -0.3 is 14.6 Å². The molecular weight excluding hydrogens is 469 g/mol. The molecule has 0 amide bonds. The van der Waals surface area contributed by atoms with Crippen molar-refractivity contribution in [2.75, 3.05) is 6.61 Å². The fraction of sp³-hybridized carbons (Fsp3) is 0.345. The highest BCUT2D eigenvalue weighted by Gasteiger charge is 2.29. The molecule has 1 N–H and O–H groups in total. The Morgan fingerprint density at radius 2 is 1.56 bits per heavy atom. The number of hydrogen-bond donors (Lipinski definition) is 1. The minimum absolute atomic E-state index is 0.137. The molecule has 1 heterocycles. The molecule has 7 heteroatoms. The van der Waals surface area contributed by atoms with Crippen molar-refractivity contribution in [2.24, 2.45) is 5.92 Å². The summed E-state index contributed by atoms with van der Waals surface area (Å²) in [4.78, 5) is 12.6. The molecule has 1 aliphatic carbocycles. The quantitative estimate of drug-likeness (QED) is 0.234. The van der Waals surface area contributed by atoms with Crippen LogP contribution in [0.2, 0.25) is 0 Å². The summed E-state index contributed by atoms with van der Waals surface area (Å²) in [7, 11) is 0. The van der Waals surface area contributed by atoms with E-state index in [1.165, 1.54) is 30.3 Å². The zero-order valence-corrected chi connectivity index (χ0v) is 19.8. The number of epoxide rings is 1. The van der Waals surface area contributed by atoms with E-state index in [4.69, 9.17) is 9.47 Å². The van der Waals surface area contributed by atoms with E-state index >= 15 is 0 Å². The first-order chi connectivity index (χ1) is 17.3. The lowest BCUT2D eigenvalue weighted by Crippen LogP contribution is -2.23. The van der Waals surface area contributed by atoms with Gasteiger partial charge in [0.1, 0.15) is 11.9 Å². The number of aliphatic hydroxyl groups is 1. The molecule has 2 unspecified atom stereocenters. The van der Waals surface area contributed by atoms with Gasteiger partial charge in [-0.15, -0.1) is 0 Å². The van der Waals surface area contributed by atoms with Crippen LogP contribution in [0, 0.1) is 23.4 Å². The molecule has 2 atom stereocenters. The van der Waals surface area contributed by atoms with Crippen LogP contribution in [0.3, 0.4) is 0 Å². The van der Waals surface area contributed by atoms with E-state index in [2.05, 4.69) is 0 Å². The van der Waals surface area contributed by atoms with Gasteiger partial charge >= 0.3 is 5.97 Å². The molecule has 0 bridgehead atoms. The van der Waals surface area contributed by atoms with Crippen LogP contribution in [0.1, 0.15) is 66.1 Å². The molecule has 3 aromatic carbocycles. The number of esters is 1. The van der Waals surface area contributed by atoms with Gasteiger partial charge in [0.05, 0.1) is 18.3 Å². The molecule has 3 aromatic rings. The molecule has 1 aliphatic heterocycles. The van der Waals surface area contributed by atoms with Gasteiger partial charge in [-0.3, -0.25) is 0 Å². The smallest absolute Gasteiger partial charge is 0.343 e. The molecule has 2 fully saturated rings. The molecule has 0 aromatic heterocycles. The Bertz CT molecular complexity index is 1260. The van der Waals surface area contributed by atoms with Crippen molar-refractivity contribution < 1.29 is 32.5 Å². The normalized spacial score (nSPS) is 22.2. The molecule has 4 nitrogen and oxygen atoms in total. The van der Waals surface area contributed by atoms with Crippen LogP contribution in [0.5, 0.6) is 5.75 Å². The number of benzene rings is 3. The van der Waals surface area contributed by atoms with E-state index in [9.17, 15) is 23.1 Å². The van der Waals surface area contributed by atoms with Gasteiger partial charge in [-0.1, -0.05) is 30.3 Å². The van der Waals surface area contributed by atoms with E-state index in [1.54, 1.807) is 31.2 Å². The maximum atomic E-state index is 14.9. The second-order valence-electron chi connectivity index (χ2n) is 9.66. The number of aliphatic hydroxyl groups excluding tert-OH is 1. The molecule has 1 saturated carbocycles. The van der Waals surface area contributed by atoms with Gasteiger partial charge in [-0.25, -0.2) is 13.6 Å². The van der Waals surface area contributed by atoms with E-state index in [-0.39, 0.29) is 34.9 Å². The third-order valence-corrected chi connectivity index (χ3v) is 7.31. The Morgan fingerprint density at radius 1 is 0.917 bits per heavy atom. The van der Waals surface area contributed by atoms with Crippen LogP contribution in [-0.4, -0.2) is 23.8 Å². The highest BCUT2D eigenvalue weighted by Crippen LogP contribution is 2.40. The first-order valence-corrected chi connectivity index (χ1v) is 12.2. The molecule has 188 valence electrons. The first kappa shape index (κ1) is 24.5. The van der Waals surface area contributed by atoms with E-state index in [0.717, 1.165) is 12.8 Å². The summed E-state index contributed by atoms with van der Waals surface area (Å²) < 4.78 is 54.2. The number of carbonyl (C=O) groups is 1. The van der Waals surface area contributed by atoms with Gasteiger partial charge in [-0.2, -0.15) is 4.39 Å². The predicted octanol–water partition coefficient (Wildman–Crippen LogP) is 6.72. The zero-order chi connectivity index (χ0) is 25.4. The molecule has 1 saturated heterocycles. The Kier molecular flexibility index (Phi) is 6.86. The molecular formula is C29H27F3O4. The number of carbonyl (C=O) groups excluding carboxylic acids is 1. The van der Waals surface area contributed by atoms with Crippen molar-refractivity contribution in [3.8, 4) is 16.9 Å². The van der Waals surface area contributed by atoms with Gasteiger partial charge in [-0.05, 0) is 85.4 Å². The van der Waals surface area contributed by atoms with Crippen molar-refractivity contribution in [1.29, 1.82) is 0 Å². The Hall–Kier alpha value is -3.16. The van der Waals surface area contributed by atoms with E-state index in [1.807, 2.05) is 0 Å². The summed E-state index contributed by atoms with van der Waals surface area (Å²) >= 11 is 0. The van der Waals surface area contributed by atoms with Crippen molar-refractivity contribution in [3.63, 3.8) is 0 Å². The highest BCUT2D eigenvalue weighted by atomic mass is 19.2. The molecule has 36 heavy (non-hydrogen) atoms. The summed E-state index contributed by atoms with van der Waals surface area (Å²) in [5, 5.41) is 9.76. The fourth-order valence-electron chi connectivity index (χ4n) is 5.01. The van der Waals surface area contributed by atoms with Gasteiger partial charge in [0.25, 0.3) is 0 Å². The van der Waals surface area contributed by atoms with Gasteiger partial charge in [0.15, 0.2) is 11.6 Å². The number of halogens is 3. The van der Waals surface area contributed by atoms with Crippen LogP contribution < -0.4 is 4.74 Å². The van der Waals surface area contributed by atoms with Gasteiger partial charge in [0.2, 0.25) is 5.82 Å². The van der Waals surface area contributed by atoms with Crippen molar-refractivity contribution in [2.45, 2.75) is 50.7 Å². The van der Waals surface area contributed by atoms with Gasteiger partial charge in [0, 0.05) is 5.56 Å². The zero-order valence-electron chi connectivity index (χ0n) is 19.8. The Balaban J connectivity index is 1.26. The largest absolute Gasteiger partial charge is 0.420 e. The third kappa shape index (κ3) is 5.04. The van der Waals surface area contributed by atoms with Crippen LogP contribution in [-0.2, 0) is 4.74 Å². The summed E-state index contributed by atoms with van der Waals surface area (Å²) in [5.41, 5.74) is 2.28. The molecule has 2 aliphatic rings. The van der Waals surface area contributed by atoms with Crippen molar-refractivity contribution >= 4 is 5.97 Å². The third-order valence-electron chi connectivity index (χ3n) is 7.31. The second kappa shape index (κ2) is 10.1. The first-order valence-electron chi connectivity index (χ1n) is 12.2. The second-order valence-corrected chi connectivity index (χ2v) is 9.66. The standard InChI is InChI=1S/C29H27F3O4/c1-16(33)17-2-6-19(7-3-17)22-12-13-25(28(32)27(22)31)36-29(34)20-8-4-18(5-9-20)21-10-11-23(24(30)14-21)26-15-35-26/h4-5,8-14,16-17,19,26,33H,2-3,6-7,15H2,1H3. The monoisotopic (exact) mass is 496 g/mol. The number of rotatable bonds is 6. The van der Waals surface area contributed by atoms with Crippen molar-refractivity contribution in [3.05, 3.63) is 88.7 Å². The Labute approximate surface area is 207 Å². The summed E-state index contributed by atoms with van der Waals surface area (Å²) in [6.45, 7) is 2.27. The number of hydrogen-bond acceptors (Lipinski definition) is 4. The van der Waals surface area contributed by atoms with Crippen LogP contribution in [0.4, 0.5) is 13.2 Å². The number of ether oxygens (including phenoxy) is 2. The lowest BCUT2D eigenvalue weighted by molar-refractivity contribution is 0.0726. The van der Waals surface area contributed by atoms with Crippen LogP contribution in [0.25, 0.3) is 11.1 Å². The van der Waals surface area contributed by atoms with Crippen molar-refractivity contribution in [1.82, 2.24) is 0 Å². The highest BCUT2D eigenvalue weighted by molar-refractivity contribution is 5.91. The lowest BCUT2D eigenvalue weighted by atomic mass is 9.77. The molecule has 0 spiro atoms. The predicted molar refractivity (Wildman–Crippen MR) is 128 cm³/mol. The lowest BCUT2D eigenvalue weighted by Gasteiger charge is -2.30. The van der Waals surface area contributed by atoms with Crippen LogP contribution in [0.15, 0.2) is 54.6 Å².